The molecule has 0 aliphatic carbocycles. The second kappa shape index (κ2) is 4.51. The van der Waals surface area contributed by atoms with Crippen molar-refractivity contribution < 1.29 is 14.3 Å². The fourth-order valence-electron chi connectivity index (χ4n) is 1.91. The zero-order chi connectivity index (χ0) is 11.6. The fourth-order valence-corrected chi connectivity index (χ4v) is 1.91. The maximum Gasteiger partial charge on any atom is 0.163 e. The molecule has 2 rings (SSSR count). The molecule has 4 nitrogen and oxygen atoms in total. The summed E-state index contributed by atoms with van der Waals surface area (Å²) in [4.78, 5) is 4.68. The van der Waals surface area contributed by atoms with E-state index in [0.29, 0.717) is 13.2 Å². The maximum atomic E-state index is 5.80. The molecule has 1 heterocycles. The van der Waals surface area contributed by atoms with Crippen LogP contribution in [0.5, 0.6) is 0 Å². The van der Waals surface area contributed by atoms with Gasteiger partial charge in [-0.25, -0.2) is 5.90 Å². The molecule has 0 aromatic heterocycles. The molecule has 1 aromatic carbocycles. The van der Waals surface area contributed by atoms with Crippen molar-refractivity contribution in [2.24, 2.45) is 5.90 Å². The van der Waals surface area contributed by atoms with Gasteiger partial charge in [-0.05, 0) is 25.0 Å². The zero-order valence-corrected chi connectivity index (χ0v) is 9.60. The number of hydrogen-bond donors (Lipinski definition) is 1. The molecule has 1 aromatic rings. The summed E-state index contributed by atoms with van der Waals surface area (Å²) in [5, 5.41) is 0. The standard InChI is InChI=1S/C12H17NO3/c1-12(2)14-8-11(16-12)10-6-4-3-5-9(10)7-15-13/h3-6,11H,7-8,13H2,1-2H3. The van der Waals surface area contributed by atoms with Gasteiger partial charge in [-0.2, -0.15) is 0 Å². The van der Waals surface area contributed by atoms with Crippen LogP contribution in [-0.2, 0) is 20.9 Å². The zero-order valence-electron chi connectivity index (χ0n) is 9.60. The predicted molar refractivity (Wildman–Crippen MR) is 59.3 cm³/mol. The number of rotatable bonds is 3. The van der Waals surface area contributed by atoms with Crippen LogP contribution in [0.3, 0.4) is 0 Å². The summed E-state index contributed by atoms with van der Waals surface area (Å²) >= 11 is 0. The Bertz CT molecular complexity index is 365. The summed E-state index contributed by atoms with van der Waals surface area (Å²) in [7, 11) is 0. The summed E-state index contributed by atoms with van der Waals surface area (Å²) < 4.78 is 11.3. The largest absolute Gasteiger partial charge is 0.347 e. The molecule has 1 aliphatic rings. The minimum Gasteiger partial charge on any atom is -0.347 e. The molecule has 0 saturated carbocycles. The van der Waals surface area contributed by atoms with Crippen molar-refractivity contribution in [2.75, 3.05) is 6.61 Å². The minimum atomic E-state index is -0.513. The molecule has 1 aliphatic heterocycles. The molecule has 0 bridgehead atoms. The van der Waals surface area contributed by atoms with Gasteiger partial charge in [-0.15, -0.1) is 0 Å². The molecule has 88 valence electrons. The predicted octanol–water partition coefficient (Wildman–Crippen LogP) is 1.90. The number of benzene rings is 1. The van der Waals surface area contributed by atoms with Crippen LogP contribution >= 0.6 is 0 Å². The first-order valence-electron chi connectivity index (χ1n) is 5.33. The Labute approximate surface area is 95.2 Å². The van der Waals surface area contributed by atoms with Crippen LogP contribution in [0.15, 0.2) is 24.3 Å². The van der Waals surface area contributed by atoms with Crippen molar-refractivity contribution in [1.29, 1.82) is 0 Å². The first-order valence-corrected chi connectivity index (χ1v) is 5.33. The van der Waals surface area contributed by atoms with Crippen molar-refractivity contribution >= 4 is 0 Å². The van der Waals surface area contributed by atoms with Crippen LogP contribution in [0.25, 0.3) is 0 Å². The monoisotopic (exact) mass is 223 g/mol. The van der Waals surface area contributed by atoms with Gasteiger partial charge in [0.05, 0.1) is 13.2 Å². The molecule has 1 fully saturated rings. The summed E-state index contributed by atoms with van der Waals surface area (Å²) in [6, 6.07) is 7.93. The third-order valence-electron chi connectivity index (χ3n) is 2.65. The van der Waals surface area contributed by atoms with E-state index in [2.05, 4.69) is 4.84 Å². The maximum absolute atomic E-state index is 5.80. The Morgan fingerprint density at radius 3 is 2.81 bits per heavy atom. The van der Waals surface area contributed by atoms with Gasteiger partial charge in [0, 0.05) is 0 Å². The van der Waals surface area contributed by atoms with E-state index in [4.69, 9.17) is 15.4 Å². The van der Waals surface area contributed by atoms with Crippen LogP contribution in [0, 0.1) is 0 Å². The van der Waals surface area contributed by atoms with E-state index < -0.39 is 5.79 Å². The van der Waals surface area contributed by atoms with Gasteiger partial charge in [0.2, 0.25) is 0 Å². The second-order valence-corrected chi connectivity index (χ2v) is 4.33. The summed E-state index contributed by atoms with van der Waals surface area (Å²) in [6.07, 6.45) is -0.0404. The quantitative estimate of drug-likeness (QED) is 0.795. The summed E-state index contributed by atoms with van der Waals surface area (Å²) in [5.41, 5.74) is 2.12. The van der Waals surface area contributed by atoms with Crippen molar-refractivity contribution in [3.8, 4) is 0 Å². The average Bonchev–Trinajstić information content (AvgIpc) is 2.60. The van der Waals surface area contributed by atoms with Crippen molar-refractivity contribution in [1.82, 2.24) is 0 Å². The highest BCUT2D eigenvalue weighted by Crippen LogP contribution is 2.34. The van der Waals surface area contributed by atoms with E-state index in [9.17, 15) is 0 Å². The first kappa shape index (κ1) is 11.5. The highest BCUT2D eigenvalue weighted by molar-refractivity contribution is 5.29. The Hall–Kier alpha value is -0.940. The molecule has 0 spiro atoms. The van der Waals surface area contributed by atoms with Gasteiger partial charge in [0.1, 0.15) is 6.10 Å². The Balaban J connectivity index is 2.20. The smallest absolute Gasteiger partial charge is 0.163 e. The third kappa shape index (κ3) is 2.41. The molecular formula is C12H17NO3. The Morgan fingerprint density at radius 1 is 1.44 bits per heavy atom. The molecule has 2 N–H and O–H groups in total. The molecule has 1 saturated heterocycles. The fraction of sp³-hybridized carbons (Fsp3) is 0.500. The lowest BCUT2D eigenvalue weighted by atomic mass is 10.0. The van der Waals surface area contributed by atoms with Crippen LogP contribution in [-0.4, -0.2) is 12.4 Å². The van der Waals surface area contributed by atoms with Gasteiger partial charge in [-0.3, -0.25) is 4.84 Å². The van der Waals surface area contributed by atoms with Crippen molar-refractivity contribution in [3.63, 3.8) is 0 Å². The lowest BCUT2D eigenvalue weighted by Crippen LogP contribution is -2.20. The van der Waals surface area contributed by atoms with Gasteiger partial charge in [0.15, 0.2) is 5.79 Å². The van der Waals surface area contributed by atoms with E-state index in [0.717, 1.165) is 11.1 Å². The molecule has 1 unspecified atom stereocenters. The minimum absolute atomic E-state index is 0.0404. The van der Waals surface area contributed by atoms with Gasteiger partial charge >= 0.3 is 0 Å². The molecule has 1 atom stereocenters. The Morgan fingerprint density at radius 2 is 2.19 bits per heavy atom. The van der Waals surface area contributed by atoms with E-state index in [1.165, 1.54) is 0 Å². The van der Waals surface area contributed by atoms with Crippen molar-refractivity contribution in [3.05, 3.63) is 35.4 Å². The lowest BCUT2D eigenvalue weighted by Gasteiger charge is -2.18. The van der Waals surface area contributed by atoms with E-state index in [1.807, 2.05) is 38.1 Å². The van der Waals surface area contributed by atoms with Gasteiger partial charge < -0.3 is 9.47 Å². The Kier molecular flexibility index (Phi) is 3.25. The SMILES string of the molecule is CC1(C)OCC(c2ccccc2CON)O1. The molecule has 4 heteroatoms. The van der Waals surface area contributed by atoms with Crippen LogP contribution < -0.4 is 5.90 Å². The summed E-state index contributed by atoms with van der Waals surface area (Å²) in [6.45, 7) is 4.77. The van der Waals surface area contributed by atoms with Crippen LogP contribution in [0.1, 0.15) is 31.1 Å². The van der Waals surface area contributed by atoms with E-state index in [1.54, 1.807) is 0 Å². The lowest BCUT2D eigenvalue weighted by molar-refractivity contribution is -0.139. The van der Waals surface area contributed by atoms with Crippen LogP contribution in [0.2, 0.25) is 0 Å². The topological polar surface area (TPSA) is 53.7 Å². The molecule has 0 radical (unpaired) electrons. The molecule has 16 heavy (non-hydrogen) atoms. The number of ether oxygens (including phenoxy) is 2. The van der Waals surface area contributed by atoms with Crippen molar-refractivity contribution in [2.45, 2.75) is 32.3 Å². The summed E-state index contributed by atoms with van der Waals surface area (Å²) in [5.74, 6) is 4.60. The number of nitrogens with two attached hydrogens (primary N) is 1. The third-order valence-corrected chi connectivity index (χ3v) is 2.65. The number of hydrogen-bond acceptors (Lipinski definition) is 4. The highest BCUT2D eigenvalue weighted by atomic mass is 16.7. The second-order valence-electron chi connectivity index (χ2n) is 4.33. The van der Waals surface area contributed by atoms with Gasteiger partial charge in [-0.1, -0.05) is 24.3 Å². The average molecular weight is 223 g/mol. The highest BCUT2D eigenvalue weighted by Gasteiger charge is 2.34. The van der Waals surface area contributed by atoms with E-state index >= 15 is 0 Å². The first-order chi connectivity index (χ1) is 7.62. The normalized spacial score (nSPS) is 23.6. The molecule has 0 amide bonds. The van der Waals surface area contributed by atoms with Gasteiger partial charge in [0.25, 0.3) is 0 Å². The van der Waals surface area contributed by atoms with E-state index in [-0.39, 0.29) is 6.10 Å². The molecular weight excluding hydrogens is 206 g/mol. The van der Waals surface area contributed by atoms with Crippen LogP contribution in [0.4, 0.5) is 0 Å².